The highest BCUT2D eigenvalue weighted by molar-refractivity contribution is 7.13. The maximum absolute atomic E-state index is 13.8. The standard InChI is InChI=1S/C20H11F6N5OS/c21-12-6-7-13(16(23)15(12)22)28-29-19(32)17-27-18(14-5-2-8-33-14)31(30-17)11-4-1-3-10(9-11)20(24,25)26/h1-9,28H,(H,29,32). The van der Waals surface area contributed by atoms with Crippen molar-refractivity contribution in [2.45, 2.75) is 6.18 Å². The molecule has 0 bridgehead atoms. The van der Waals surface area contributed by atoms with Crippen LogP contribution < -0.4 is 10.9 Å². The molecule has 0 aliphatic carbocycles. The fourth-order valence-corrected chi connectivity index (χ4v) is 3.47. The van der Waals surface area contributed by atoms with Crippen molar-refractivity contribution in [1.29, 1.82) is 0 Å². The predicted molar refractivity (Wildman–Crippen MR) is 107 cm³/mol. The Balaban J connectivity index is 1.67. The van der Waals surface area contributed by atoms with Crippen LogP contribution >= 0.6 is 11.3 Å². The van der Waals surface area contributed by atoms with Crippen molar-refractivity contribution in [3.63, 3.8) is 0 Å². The zero-order valence-electron chi connectivity index (χ0n) is 16.1. The average molecular weight is 483 g/mol. The molecule has 2 heterocycles. The molecule has 13 heteroatoms. The summed E-state index contributed by atoms with van der Waals surface area (Å²) in [6.07, 6.45) is -4.60. The molecule has 0 aliphatic rings. The number of halogens is 6. The van der Waals surface area contributed by atoms with E-state index in [0.29, 0.717) is 10.9 Å². The minimum atomic E-state index is -4.60. The second-order valence-corrected chi connectivity index (χ2v) is 7.45. The van der Waals surface area contributed by atoms with Gasteiger partial charge in [-0.1, -0.05) is 12.1 Å². The summed E-state index contributed by atoms with van der Waals surface area (Å²) in [6, 6.07) is 9.11. The summed E-state index contributed by atoms with van der Waals surface area (Å²) < 4.78 is 80.7. The number of hydrogen-bond donors (Lipinski definition) is 2. The molecule has 0 atom stereocenters. The topological polar surface area (TPSA) is 71.8 Å². The second kappa shape index (κ2) is 8.58. The number of benzene rings is 2. The van der Waals surface area contributed by atoms with Crippen molar-refractivity contribution < 1.29 is 31.1 Å². The van der Waals surface area contributed by atoms with Gasteiger partial charge in [-0.05, 0) is 41.8 Å². The van der Waals surface area contributed by atoms with Gasteiger partial charge in [-0.3, -0.25) is 15.6 Å². The third kappa shape index (κ3) is 4.53. The van der Waals surface area contributed by atoms with Crippen LogP contribution in [-0.2, 0) is 6.18 Å². The van der Waals surface area contributed by atoms with Gasteiger partial charge in [-0.15, -0.1) is 16.4 Å². The molecule has 0 saturated carbocycles. The molecule has 170 valence electrons. The van der Waals surface area contributed by atoms with Gasteiger partial charge < -0.3 is 0 Å². The van der Waals surface area contributed by atoms with E-state index in [4.69, 9.17) is 0 Å². The number of hydrazine groups is 1. The maximum Gasteiger partial charge on any atom is 0.416 e. The van der Waals surface area contributed by atoms with E-state index in [1.54, 1.807) is 17.5 Å². The summed E-state index contributed by atoms with van der Waals surface area (Å²) in [5.74, 6) is -6.08. The van der Waals surface area contributed by atoms with Crippen molar-refractivity contribution in [3.8, 4) is 16.4 Å². The van der Waals surface area contributed by atoms with Gasteiger partial charge in [-0.25, -0.2) is 22.8 Å². The van der Waals surface area contributed by atoms with Gasteiger partial charge in [0.05, 0.1) is 21.8 Å². The lowest BCUT2D eigenvalue weighted by Gasteiger charge is -2.10. The first-order valence-corrected chi connectivity index (χ1v) is 9.91. The molecule has 0 aliphatic heterocycles. The van der Waals surface area contributed by atoms with E-state index in [0.717, 1.165) is 22.9 Å². The zero-order chi connectivity index (χ0) is 23.8. The number of alkyl halides is 3. The number of amides is 1. The first-order valence-electron chi connectivity index (χ1n) is 9.03. The number of nitrogens with zero attached hydrogens (tertiary/aromatic N) is 3. The molecule has 0 fully saturated rings. The molecular formula is C20H11F6N5OS. The number of hydrogen-bond acceptors (Lipinski definition) is 5. The Morgan fingerprint density at radius 1 is 1.00 bits per heavy atom. The summed E-state index contributed by atoms with van der Waals surface area (Å²) in [6.45, 7) is 0. The zero-order valence-corrected chi connectivity index (χ0v) is 16.9. The Morgan fingerprint density at radius 3 is 2.48 bits per heavy atom. The minimum absolute atomic E-state index is 0.000570. The summed E-state index contributed by atoms with van der Waals surface area (Å²) in [5.41, 5.74) is 2.66. The van der Waals surface area contributed by atoms with Crippen molar-refractivity contribution in [3.05, 3.63) is 82.8 Å². The molecule has 0 saturated heterocycles. The number of aromatic nitrogens is 3. The van der Waals surface area contributed by atoms with Crippen LogP contribution in [0.1, 0.15) is 16.2 Å². The van der Waals surface area contributed by atoms with Crippen LogP contribution in [0, 0.1) is 17.5 Å². The van der Waals surface area contributed by atoms with Crippen molar-refractivity contribution in [1.82, 2.24) is 20.2 Å². The lowest BCUT2D eigenvalue weighted by atomic mass is 10.2. The molecule has 0 spiro atoms. The highest BCUT2D eigenvalue weighted by Crippen LogP contribution is 2.32. The van der Waals surface area contributed by atoms with E-state index in [1.165, 1.54) is 23.5 Å². The Bertz CT molecular complexity index is 1320. The van der Waals surface area contributed by atoms with Crippen molar-refractivity contribution >= 4 is 22.9 Å². The van der Waals surface area contributed by atoms with Crippen LogP contribution in [-0.4, -0.2) is 20.7 Å². The van der Waals surface area contributed by atoms with Gasteiger partial charge in [0.15, 0.2) is 23.3 Å². The molecule has 33 heavy (non-hydrogen) atoms. The minimum Gasteiger partial charge on any atom is -0.295 e. The smallest absolute Gasteiger partial charge is 0.295 e. The summed E-state index contributed by atoms with van der Waals surface area (Å²) in [4.78, 5) is 17.1. The largest absolute Gasteiger partial charge is 0.416 e. The van der Waals surface area contributed by atoms with Crippen LogP contribution in [0.15, 0.2) is 53.9 Å². The van der Waals surface area contributed by atoms with E-state index >= 15 is 0 Å². The van der Waals surface area contributed by atoms with E-state index < -0.39 is 46.6 Å². The average Bonchev–Trinajstić information content (AvgIpc) is 3.46. The normalized spacial score (nSPS) is 11.5. The molecule has 4 rings (SSSR count). The number of anilines is 1. The van der Waals surface area contributed by atoms with Crippen LogP contribution in [0.2, 0.25) is 0 Å². The Labute approximate surface area is 185 Å². The molecule has 0 unspecified atom stereocenters. The van der Waals surface area contributed by atoms with E-state index in [-0.39, 0.29) is 11.5 Å². The first-order chi connectivity index (χ1) is 15.6. The third-order valence-electron chi connectivity index (χ3n) is 4.32. The first kappa shape index (κ1) is 22.3. The van der Waals surface area contributed by atoms with Crippen LogP contribution in [0.3, 0.4) is 0 Å². The van der Waals surface area contributed by atoms with Crippen molar-refractivity contribution in [2.75, 3.05) is 5.43 Å². The number of carbonyl (C=O) groups excluding carboxylic acids is 1. The van der Waals surface area contributed by atoms with Gasteiger partial charge in [0.2, 0.25) is 5.82 Å². The Morgan fingerprint density at radius 2 is 1.79 bits per heavy atom. The maximum atomic E-state index is 13.8. The highest BCUT2D eigenvalue weighted by atomic mass is 32.1. The molecule has 4 aromatic rings. The quantitative estimate of drug-likeness (QED) is 0.233. The molecule has 6 nitrogen and oxygen atoms in total. The van der Waals surface area contributed by atoms with Gasteiger partial charge in [0, 0.05) is 0 Å². The van der Waals surface area contributed by atoms with Crippen LogP contribution in [0.25, 0.3) is 16.4 Å². The molecule has 2 aromatic carbocycles. The monoisotopic (exact) mass is 483 g/mol. The molecule has 0 radical (unpaired) electrons. The Hall–Kier alpha value is -3.87. The molecular weight excluding hydrogens is 472 g/mol. The second-order valence-electron chi connectivity index (χ2n) is 6.50. The van der Waals surface area contributed by atoms with E-state index in [2.05, 4.69) is 15.5 Å². The molecule has 2 aromatic heterocycles. The van der Waals surface area contributed by atoms with Crippen molar-refractivity contribution in [2.24, 2.45) is 0 Å². The van der Waals surface area contributed by atoms with Gasteiger partial charge in [-0.2, -0.15) is 13.2 Å². The lowest BCUT2D eigenvalue weighted by molar-refractivity contribution is -0.137. The molecule has 1 amide bonds. The third-order valence-corrected chi connectivity index (χ3v) is 5.18. The number of thiophene rings is 1. The fourth-order valence-electron chi connectivity index (χ4n) is 2.77. The molecule has 2 N–H and O–H groups in total. The predicted octanol–water partition coefficient (Wildman–Crippen LogP) is 5.19. The number of nitrogens with one attached hydrogen (secondary N) is 2. The van der Waals surface area contributed by atoms with Gasteiger partial charge >= 0.3 is 12.1 Å². The fraction of sp³-hybridized carbons (Fsp3) is 0.0500. The number of carbonyl (C=O) groups is 1. The SMILES string of the molecule is O=C(NNc1ccc(F)c(F)c1F)c1nc(-c2cccs2)n(-c2cccc(C(F)(F)F)c2)n1. The van der Waals surface area contributed by atoms with E-state index in [1.807, 2.05) is 5.43 Å². The van der Waals surface area contributed by atoms with E-state index in [9.17, 15) is 31.1 Å². The summed E-state index contributed by atoms with van der Waals surface area (Å²) >= 11 is 1.22. The Kier molecular flexibility index (Phi) is 5.80. The summed E-state index contributed by atoms with van der Waals surface area (Å²) in [5, 5.41) is 5.69. The summed E-state index contributed by atoms with van der Waals surface area (Å²) in [7, 11) is 0. The lowest BCUT2D eigenvalue weighted by Crippen LogP contribution is -2.31. The number of rotatable bonds is 5. The van der Waals surface area contributed by atoms with Gasteiger partial charge in [0.1, 0.15) is 0 Å². The van der Waals surface area contributed by atoms with Crippen LogP contribution in [0.5, 0.6) is 0 Å². The van der Waals surface area contributed by atoms with Gasteiger partial charge in [0.25, 0.3) is 0 Å². The highest BCUT2D eigenvalue weighted by Gasteiger charge is 2.31. The van der Waals surface area contributed by atoms with Crippen LogP contribution in [0.4, 0.5) is 32.0 Å².